The fourth-order valence-corrected chi connectivity index (χ4v) is 7.66. The van der Waals surface area contributed by atoms with Crippen molar-refractivity contribution in [1.82, 2.24) is 4.98 Å². The first-order chi connectivity index (χ1) is 23.0. The molecule has 0 bridgehead atoms. The Bertz CT molecular complexity index is 2040. The van der Waals surface area contributed by atoms with Gasteiger partial charge in [0.2, 0.25) is 0 Å². The van der Waals surface area contributed by atoms with Gasteiger partial charge in [0.25, 0.3) is 0 Å². The number of rotatable bonds is 7. The summed E-state index contributed by atoms with van der Waals surface area (Å²) in [7, 11) is 0. The molecule has 269 valence electrons. The molecule has 50 heavy (non-hydrogen) atoms. The van der Waals surface area contributed by atoms with Crippen molar-refractivity contribution < 1.29 is 34.4 Å². The van der Waals surface area contributed by atoms with Crippen LogP contribution in [0.3, 0.4) is 0 Å². The zero-order valence-electron chi connectivity index (χ0n) is 32.2. The second-order valence-electron chi connectivity index (χ2n) is 16.4. The molecule has 1 N–H and O–H groups in total. The van der Waals surface area contributed by atoms with Crippen molar-refractivity contribution in [3.05, 3.63) is 88.8 Å². The van der Waals surface area contributed by atoms with Crippen LogP contribution in [0.4, 0.5) is 0 Å². The van der Waals surface area contributed by atoms with E-state index in [9.17, 15) is 9.90 Å². The van der Waals surface area contributed by atoms with Crippen LogP contribution < -0.4 is 0 Å². The first-order valence-corrected chi connectivity index (χ1v) is 18.3. The Balaban J connectivity index is 0.000000301. The zero-order chi connectivity index (χ0) is 36.1. The maximum atomic E-state index is 11.7. The SMILES string of the molecule is CC(C)(C)c1ccc2c3c1oc1c(C(C)(C)C)cnc(c13)-c1[c-]cc3ccccc3c1C2(C)C.CCC(CC)C(=O)/C=C(\O)C(CC)CC.[Ir]. The fraction of sp³-hybridized carbons (Fsp3) is 0.467. The number of hydrogen-bond acceptors (Lipinski definition) is 4. The fourth-order valence-electron chi connectivity index (χ4n) is 7.66. The predicted molar refractivity (Wildman–Crippen MR) is 207 cm³/mol. The van der Waals surface area contributed by atoms with E-state index in [1.165, 1.54) is 38.9 Å². The number of furan rings is 1. The monoisotopic (exact) mass is 851 g/mol. The Morgan fingerprint density at radius 1 is 0.860 bits per heavy atom. The van der Waals surface area contributed by atoms with Crippen LogP contribution in [-0.2, 0) is 41.1 Å². The second-order valence-corrected chi connectivity index (χ2v) is 16.4. The molecule has 0 spiro atoms. The van der Waals surface area contributed by atoms with E-state index in [1.807, 2.05) is 33.9 Å². The molecule has 0 saturated carbocycles. The van der Waals surface area contributed by atoms with Gasteiger partial charge in [-0.25, -0.2) is 0 Å². The van der Waals surface area contributed by atoms with E-state index in [-0.39, 0.29) is 59.7 Å². The van der Waals surface area contributed by atoms with Crippen LogP contribution in [0.2, 0.25) is 0 Å². The number of carbonyl (C=O) groups excluding carboxylic acids is 1. The third-order valence-corrected chi connectivity index (χ3v) is 10.7. The van der Waals surface area contributed by atoms with Gasteiger partial charge in [-0.2, -0.15) is 0 Å². The molecule has 1 aliphatic rings. The van der Waals surface area contributed by atoms with E-state index in [4.69, 9.17) is 9.40 Å². The number of ketones is 1. The minimum atomic E-state index is -0.249. The topological polar surface area (TPSA) is 63.3 Å². The van der Waals surface area contributed by atoms with E-state index in [1.54, 1.807) is 0 Å². The molecule has 0 atom stereocenters. The number of hydrogen-bond donors (Lipinski definition) is 1. The number of aliphatic hydroxyl groups excluding tert-OH is 1. The Hall–Kier alpha value is -3.27. The molecule has 0 fully saturated rings. The molecule has 3 aromatic carbocycles. The number of benzene rings is 3. The van der Waals surface area contributed by atoms with E-state index in [0.29, 0.717) is 0 Å². The van der Waals surface area contributed by atoms with Gasteiger partial charge in [0.15, 0.2) is 5.78 Å². The molecule has 1 aliphatic carbocycles. The summed E-state index contributed by atoms with van der Waals surface area (Å²) in [5, 5.41) is 14.6. The van der Waals surface area contributed by atoms with Gasteiger partial charge in [0, 0.05) is 71.8 Å². The van der Waals surface area contributed by atoms with Crippen molar-refractivity contribution in [3.63, 3.8) is 0 Å². The molecule has 5 heteroatoms. The maximum absolute atomic E-state index is 11.7. The van der Waals surface area contributed by atoms with E-state index >= 15 is 0 Å². The van der Waals surface area contributed by atoms with Gasteiger partial charge in [-0.3, -0.25) is 4.79 Å². The average Bonchev–Trinajstić information content (AvgIpc) is 3.40. The quantitative estimate of drug-likeness (QED) is 0.101. The summed E-state index contributed by atoms with van der Waals surface area (Å²) in [6.07, 6.45) is 6.94. The summed E-state index contributed by atoms with van der Waals surface area (Å²) in [4.78, 5) is 16.8. The third-order valence-electron chi connectivity index (χ3n) is 10.7. The van der Waals surface area contributed by atoms with Crippen molar-refractivity contribution in [2.45, 2.75) is 125 Å². The first-order valence-electron chi connectivity index (χ1n) is 18.3. The molecule has 2 aromatic heterocycles. The van der Waals surface area contributed by atoms with Gasteiger partial charge >= 0.3 is 0 Å². The van der Waals surface area contributed by atoms with Crippen LogP contribution in [0.1, 0.15) is 131 Å². The number of nitrogens with zero attached hydrogens (tertiary/aromatic N) is 1. The van der Waals surface area contributed by atoms with Crippen LogP contribution in [0.15, 0.2) is 64.9 Å². The summed E-state index contributed by atoms with van der Waals surface area (Å²) in [5.74, 6) is 0.547. The molecule has 5 aromatic rings. The number of fused-ring (bicyclic) bond motifs is 4. The Labute approximate surface area is 313 Å². The molecule has 0 aliphatic heterocycles. The molecule has 0 saturated heterocycles. The largest absolute Gasteiger partial charge is 0.512 e. The molecule has 1 radical (unpaired) electrons. The summed E-state index contributed by atoms with van der Waals surface area (Å²) >= 11 is 0. The Morgan fingerprint density at radius 3 is 2.02 bits per heavy atom. The van der Waals surface area contributed by atoms with Crippen LogP contribution in [0.5, 0.6) is 0 Å². The van der Waals surface area contributed by atoms with Gasteiger partial charge < -0.3 is 14.5 Å². The summed E-state index contributed by atoms with van der Waals surface area (Å²) in [6.45, 7) is 26.2. The number of carbonyl (C=O) groups is 1. The molecular formula is C45H56IrNO3-. The van der Waals surface area contributed by atoms with Crippen LogP contribution in [0, 0.1) is 17.9 Å². The van der Waals surface area contributed by atoms with E-state index in [0.717, 1.165) is 59.1 Å². The number of aliphatic hydroxyl groups is 1. The number of pyridine rings is 1. The van der Waals surface area contributed by atoms with Crippen LogP contribution in [0.25, 0.3) is 44.0 Å². The third kappa shape index (κ3) is 6.98. The van der Waals surface area contributed by atoms with Gasteiger partial charge in [-0.1, -0.05) is 130 Å². The van der Waals surface area contributed by atoms with Gasteiger partial charge in [-0.05, 0) is 47.5 Å². The minimum absolute atomic E-state index is 0. The molecule has 2 heterocycles. The van der Waals surface area contributed by atoms with Gasteiger partial charge in [0.05, 0.1) is 5.76 Å². The van der Waals surface area contributed by atoms with Gasteiger partial charge in [-0.15, -0.1) is 23.3 Å². The zero-order valence-corrected chi connectivity index (χ0v) is 34.6. The van der Waals surface area contributed by atoms with E-state index < -0.39 is 0 Å². The van der Waals surface area contributed by atoms with Crippen molar-refractivity contribution >= 4 is 38.5 Å². The van der Waals surface area contributed by atoms with Crippen molar-refractivity contribution in [1.29, 1.82) is 0 Å². The number of allylic oxidation sites excluding steroid dienone is 2. The van der Waals surface area contributed by atoms with Crippen molar-refractivity contribution in [2.24, 2.45) is 11.8 Å². The number of aromatic nitrogens is 1. The van der Waals surface area contributed by atoms with Crippen LogP contribution in [-0.4, -0.2) is 15.9 Å². The molecule has 0 amide bonds. The van der Waals surface area contributed by atoms with Crippen molar-refractivity contribution in [3.8, 4) is 11.3 Å². The molecule has 4 nitrogen and oxygen atoms in total. The summed E-state index contributed by atoms with van der Waals surface area (Å²) < 4.78 is 6.87. The normalized spacial score (nSPS) is 14.2. The second kappa shape index (κ2) is 14.8. The maximum Gasteiger partial charge on any atom is 0.162 e. The Kier molecular flexibility index (Phi) is 11.7. The first kappa shape index (κ1) is 39.5. The van der Waals surface area contributed by atoms with Gasteiger partial charge in [0.1, 0.15) is 11.2 Å². The standard InChI is InChI=1S/C32H32NO.C13H24O2.Ir/c1-30(2,3)22-16-15-21-24-25-27(33-17-23(31(4,5)6)29(25)34-28(22)24)20-14-13-18-11-9-10-12-19(18)26(20)32(21,7)8;1-5-10(6-2)12(14)9-13(15)11(7-3)8-4;/h9-13,15-17H,1-8H3;9-11,14H,5-8H2,1-4H3;/q-1;;/b;12-9-;. The van der Waals surface area contributed by atoms with Crippen molar-refractivity contribution in [2.75, 3.05) is 0 Å². The smallest absolute Gasteiger partial charge is 0.162 e. The molecular weight excluding hydrogens is 795 g/mol. The summed E-state index contributed by atoms with van der Waals surface area (Å²) in [5.41, 5.74) is 8.66. The molecule has 0 unspecified atom stereocenters. The average molecular weight is 851 g/mol. The van der Waals surface area contributed by atoms with Crippen LogP contribution >= 0.6 is 0 Å². The minimum Gasteiger partial charge on any atom is -0.512 e. The Morgan fingerprint density at radius 2 is 1.44 bits per heavy atom. The summed E-state index contributed by atoms with van der Waals surface area (Å²) in [6, 6.07) is 19.0. The molecule has 6 rings (SSSR count). The van der Waals surface area contributed by atoms with E-state index in [2.05, 4.69) is 104 Å². The predicted octanol–water partition coefficient (Wildman–Crippen LogP) is 12.7.